The Hall–Kier alpha value is -1.51. The molecule has 0 aliphatic heterocycles. The third kappa shape index (κ3) is 2.47. The minimum atomic E-state index is 0.630. The van der Waals surface area contributed by atoms with Gasteiger partial charge in [0.2, 0.25) is 0 Å². The molecule has 0 saturated carbocycles. The Morgan fingerprint density at radius 3 is 2.85 bits per heavy atom. The molecule has 1 aromatic rings. The molecular formula is C10H14N2O. The maximum Gasteiger partial charge on any atom is 0.142 e. The van der Waals surface area contributed by atoms with Crippen LogP contribution >= 0.6 is 0 Å². The monoisotopic (exact) mass is 178 g/mol. The Morgan fingerprint density at radius 2 is 2.31 bits per heavy atom. The summed E-state index contributed by atoms with van der Waals surface area (Å²) in [5.41, 5.74) is 7.39. The van der Waals surface area contributed by atoms with Gasteiger partial charge in [-0.05, 0) is 30.7 Å². The molecule has 0 unspecified atom stereocenters. The second kappa shape index (κ2) is 4.50. The number of nitrogens with zero attached hydrogens (tertiary/aromatic N) is 1. The van der Waals surface area contributed by atoms with E-state index in [2.05, 4.69) is 4.99 Å². The van der Waals surface area contributed by atoms with E-state index < -0.39 is 0 Å². The zero-order valence-electron chi connectivity index (χ0n) is 7.95. The number of hydrogen-bond donors (Lipinski definition) is 1. The number of rotatable bonds is 3. The predicted molar refractivity (Wildman–Crippen MR) is 55.5 cm³/mol. The van der Waals surface area contributed by atoms with Crippen LogP contribution in [-0.4, -0.2) is 19.9 Å². The molecule has 2 N–H and O–H groups in total. The van der Waals surface area contributed by atoms with Crippen molar-refractivity contribution in [1.82, 2.24) is 0 Å². The third-order valence-electron chi connectivity index (χ3n) is 1.61. The highest BCUT2D eigenvalue weighted by Gasteiger charge is 1.98. The van der Waals surface area contributed by atoms with Crippen LogP contribution in [0.5, 0.6) is 5.75 Å². The molecule has 0 atom stereocenters. The van der Waals surface area contributed by atoms with Crippen molar-refractivity contribution in [2.75, 3.05) is 19.4 Å². The average molecular weight is 178 g/mol. The molecule has 1 rings (SSSR count). The van der Waals surface area contributed by atoms with Gasteiger partial charge in [-0.2, -0.15) is 0 Å². The third-order valence-corrected chi connectivity index (χ3v) is 1.61. The number of aliphatic imine (C=N–C) groups is 1. The fraction of sp³-hybridized carbons (Fsp3) is 0.300. The van der Waals surface area contributed by atoms with Crippen LogP contribution in [0.15, 0.2) is 23.2 Å². The smallest absolute Gasteiger partial charge is 0.142 e. The Kier molecular flexibility index (Phi) is 3.31. The summed E-state index contributed by atoms with van der Waals surface area (Å²) in [6.45, 7) is 2.56. The SMILES string of the molecule is CCOc1ccc(C=NC)cc1N. The van der Waals surface area contributed by atoms with Crippen molar-refractivity contribution in [2.24, 2.45) is 4.99 Å². The van der Waals surface area contributed by atoms with Crippen molar-refractivity contribution >= 4 is 11.9 Å². The maximum atomic E-state index is 5.75. The summed E-state index contributed by atoms with van der Waals surface area (Å²) in [7, 11) is 1.73. The summed E-state index contributed by atoms with van der Waals surface area (Å²) in [6.07, 6.45) is 1.76. The first kappa shape index (κ1) is 9.58. The Morgan fingerprint density at radius 1 is 1.54 bits per heavy atom. The van der Waals surface area contributed by atoms with Gasteiger partial charge in [0, 0.05) is 13.3 Å². The normalized spacial score (nSPS) is 10.6. The number of nitrogen functional groups attached to an aromatic ring is 1. The lowest BCUT2D eigenvalue weighted by Gasteiger charge is -2.06. The second-order valence-corrected chi connectivity index (χ2v) is 2.62. The number of hydrogen-bond acceptors (Lipinski definition) is 3. The summed E-state index contributed by atoms with van der Waals surface area (Å²) < 4.78 is 5.30. The van der Waals surface area contributed by atoms with E-state index in [1.54, 1.807) is 13.3 Å². The summed E-state index contributed by atoms with van der Waals surface area (Å²) in [4.78, 5) is 3.90. The van der Waals surface area contributed by atoms with E-state index in [9.17, 15) is 0 Å². The molecule has 0 heterocycles. The van der Waals surface area contributed by atoms with Crippen LogP contribution < -0.4 is 10.5 Å². The molecule has 0 aliphatic carbocycles. The first-order chi connectivity index (χ1) is 6.27. The maximum absolute atomic E-state index is 5.75. The van der Waals surface area contributed by atoms with Crippen molar-refractivity contribution in [3.8, 4) is 5.75 Å². The molecule has 0 aliphatic rings. The zero-order valence-corrected chi connectivity index (χ0v) is 7.95. The van der Waals surface area contributed by atoms with Crippen LogP contribution in [0.25, 0.3) is 0 Å². The van der Waals surface area contributed by atoms with Gasteiger partial charge in [-0.3, -0.25) is 4.99 Å². The molecule has 0 bridgehead atoms. The molecule has 0 radical (unpaired) electrons. The van der Waals surface area contributed by atoms with Crippen molar-refractivity contribution in [1.29, 1.82) is 0 Å². The lowest BCUT2D eigenvalue weighted by molar-refractivity contribution is 0.342. The number of nitrogens with two attached hydrogens (primary N) is 1. The Labute approximate surface area is 78.2 Å². The fourth-order valence-electron chi connectivity index (χ4n) is 1.08. The fourth-order valence-corrected chi connectivity index (χ4v) is 1.08. The van der Waals surface area contributed by atoms with E-state index in [1.807, 2.05) is 25.1 Å². The Balaban J connectivity index is 2.91. The molecular weight excluding hydrogens is 164 g/mol. The molecule has 0 aromatic heterocycles. The van der Waals surface area contributed by atoms with Crippen molar-refractivity contribution in [2.45, 2.75) is 6.92 Å². The van der Waals surface area contributed by atoms with Gasteiger partial charge in [0.05, 0.1) is 12.3 Å². The zero-order chi connectivity index (χ0) is 9.68. The summed E-state index contributed by atoms with van der Waals surface area (Å²) in [6, 6.07) is 5.63. The predicted octanol–water partition coefficient (Wildman–Crippen LogP) is 1.72. The minimum absolute atomic E-state index is 0.630. The lowest BCUT2D eigenvalue weighted by atomic mass is 10.2. The van der Waals surface area contributed by atoms with E-state index in [4.69, 9.17) is 10.5 Å². The number of anilines is 1. The van der Waals surface area contributed by atoms with E-state index in [-0.39, 0.29) is 0 Å². The van der Waals surface area contributed by atoms with E-state index in [0.29, 0.717) is 12.3 Å². The van der Waals surface area contributed by atoms with Crippen LogP contribution in [0.3, 0.4) is 0 Å². The first-order valence-electron chi connectivity index (χ1n) is 4.22. The minimum Gasteiger partial charge on any atom is -0.492 e. The van der Waals surface area contributed by atoms with E-state index >= 15 is 0 Å². The van der Waals surface area contributed by atoms with Gasteiger partial charge in [-0.1, -0.05) is 0 Å². The van der Waals surface area contributed by atoms with Crippen LogP contribution in [0.4, 0.5) is 5.69 Å². The quantitative estimate of drug-likeness (QED) is 0.566. The molecule has 0 spiro atoms. The second-order valence-electron chi connectivity index (χ2n) is 2.62. The molecule has 0 amide bonds. The van der Waals surface area contributed by atoms with Crippen LogP contribution in [0, 0.1) is 0 Å². The topological polar surface area (TPSA) is 47.6 Å². The van der Waals surface area contributed by atoms with Gasteiger partial charge < -0.3 is 10.5 Å². The molecule has 13 heavy (non-hydrogen) atoms. The van der Waals surface area contributed by atoms with Gasteiger partial charge in [0.1, 0.15) is 5.75 Å². The first-order valence-corrected chi connectivity index (χ1v) is 4.22. The lowest BCUT2D eigenvalue weighted by Crippen LogP contribution is -1.97. The van der Waals surface area contributed by atoms with Crippen molar-refractivity contribution < 1.29 is 4.74 Å². The van der Waals surface area contributed by atoms with E-state index in [0.717, 1.165) is 11.3 Å². The standard InChI is InChI=1S/C10H14N2O/c1-3-13-10-5-4-8(7-12-2)6-9(10)11/h4-7H,3,11H2,1-2H3. The highest BCUT2D eigenvalue weighted by atomic mass is 16.5. The summed E-state index contributed by atoms with van der Waals surface area (Å²) in [5.74, 6) is 0.732. The van der Waals surface area contributed by atoms with Crippen LogP contribution in [-0.2, 0) is 0 Å². The number of benzene rings is 1. The molecule has 1 aromatic carbocycles. The van der Waals surface area contributed by atoms with Crippen molar-refractivity contribution in [3.63, 3.8) is 0 Å². The highest BCUT2D eigenvalue weighted by molar-refractivity contribution is 5.82. The van der Waals surface area contributed by atoms with Gasteiger partial charge in [0.25, 0.3) is 0 Å². The summed E-state index contributed by atoms with van der Waals surface area (Å²) in [5, 5.41) is 0. The van der Waals surface area contributed by atoms with Crippen molar-refractivity contribution in [3.05, 3.63) is 23.8 Å². The largest absolute Gasteiger partial charge is 0.492 e. The molecule has 3 heteroatoms. The molecule has 0 saturated heterocycles. The van der Waals surface area contributed by atoms with Crippen LogP contribution in [0.1, 0.15) is 12.5 Å². The van der Waals surface area contributed by atoms with Gasteiger partial charge >= 0.3 is 0 Å². The highest BCUT2D eigenvalue weighted by Crippen LogP contribution is 2.21. The number of ether oxygens (including phenoxy) is 1. The average Bonchev–Trinajstić information content (AvgIpc) is 2.10. The van der Waals surface area contributed by atoms with E-state index in [1.165, 1.54) is 0 Å². The van der Waals surface area contributed by atoms with Gasteiger partial charge in [-0.15, -0.1) is 0 Å². The Bertz CT molecular complexity index is 308. The van der Waals surface area contributed by atoms with Gasteiger partial charge in [-0.25, -0.2) is 0 Å². The molecule has 70 valence electrons. The summed E-state index contributed by atoms with van der Waals surface area (Å²) >= 11 is 0. The van der Waals surface area contributed by atoms with Crippen LogP contribution in [0.2, 0.25) is 0 Å². The molecule has 3 nitrogen and oxygen atoms in total. The molecule has 0 fully saturated rings. The van der Waals surface area contributed by atoms with Gasteiger partial charge in [0.15, 0.2) is 0 Å².